The predicted molar refractivity (Wildman–Crippen MR) is 60.4 cm³/mol. The van der Waals surface area contributed by atoms with Gasteiger partial charge >= 0.3 is 0 Å². The minimum atomic E-state index is -0.252. The molecule has 2 rings (SSSR count). The molecule has 0 radical (unpaired) electrons. The molecule has 1 fully saturated rings. The summed E-state index contributed by atoms with van der Waals surface area (Å²) in [6.45, 7) is 1.96. The number of anilines is 2. The van der Waals surface area contributed by atoms with Gasteiger partial charge in [-0.05, 0) is 18.2 Å². The van der Waals surface area contributed by atoms with E-state index in [0.29, 0.717) is 5.69 Å². The summed E-state index contributed by atoms with van der Waals surface area (Å²) in [4.78, 5) is 2.18. The lowest BCUT2D eigenvalue weighted by atomic mass is 10.2. The van der Waals surface area contributed by atoms with E-state index in [4.69, 9.17) is 5.73 Å². The lowest BCUT2D eigenvalue weighted by Gasteiger charge is -2.28. The van der Waals surface area contributed by atoms with Crippen LogP contribution in [0.3, 0.4) is 0 Å². The molecule has 4 heteroatoms. The number of nitrogens with two attached hydrogens (primary N) is 1. The first kappa shape index (κ1) is 9.65. The Balaban J connectivity index is 2.21. The summed E-state index contributed by atoms with van der Waals surface area (Å²) in [6, 6.07) is 4.73. The molecule has 1 heterocycles. The highest BCUT2D eigenvalue weighted by atomic mass is 32.2. The molecule has 0 amide bonds. The summed E-state index contributed by atoms with van der Waals surface area (Å²) in [5, 5.41) is 0. The number of nitrogens with zero attached hydrogens (tertiary/aromatic N) is 1. The van der Waals surface area contributed by atoms with Crippen LogP contribution in [0.25, 0.3) is 0 Å². The van der Waals surface area contributed by atoms with Crippen molar-refractivity contribution in [2.45, 2.75) is 0 Å². The summed E-state index contributed by atoms with van der Waals surface area (Å²) in [5.41, 5.74) is 7.00. The van der Waals surface area contributed by atoms with Crippen molar-refractivity contribution in [3.8, 4) is 0 Å². The zero-order valence-corrected chi connectivity index (χ0v) is 8.69. The maximum atomic E-state index is 13.1. The lowest BCUT2D eigenvalue weighted by Crippen LogP contribution is -2.32. The number of rotatable bonds is 1. The van der Waals surface area contributed by atoms with Gasteiger partial charge in [-0.2, -0.15) is 11.8 Å². The fourth-order valence-electron chi connectivity index (χ4n) is 1.60. The molecule has 14 heavy (non-hydrogen) atoms. The summed E-state index contributed by atoms with van der Waals surface area (Å²) in [7, 11) is 0. The predicted octanol–water partition coefficient (Wildman–Crippen LogP) is 1.96. The molecule has 76 valence electrons. The number of thioether (sulfide) groups is 1. The highest BCUT2D eigenvalue weighted by Crippen LogP contribution is 2.22. The highest BCUT2D eigenvalue weighted by Gasteiger charge is 2.12. The van der Waals surface area contributed by atoms with E-state index < -0.39 is 0 Å². The minimum absolute atomic E-state index is 0.252. The lowest BCUT2D eigenvalue weighted by molar-refractivity contribution is 0.627. The van der Waals surface area contributed by atoms with Gasteiger partial charge in [0.2, 0.25) is 0 Å². The third-order valence-electron chi connectivity index (χ3n) is 2.28. The van der Waals surface area contributed by atoms with Crippen LogP contribution < -0.4 is 10.6 Å². The molecular weight excluding hydrogens is 199 g/mol. The van der Waals surface area contributed by atoms with Gasteiger partial charge in [-0.3, -0.25) is 0 Å². The van der Waals surface area contributed by atoms with Gasteiger partial charge in [0.05, 0.1) is 0 Å². The van der Waals surface area contributed by atoms with Gasteiger partial charge in [-0.25, -0.2) is 4.39 Å². The molecule has 0 unspecified atom stereocenters. The molecule has 1 aromatic carbocycles. The first-order valence-corrected chi connectivity index (χ1v) is 5.80. The van der Waals surface area contributed by atoms with E-state index in [0.717, 1.165) is 30.3 Å². The van der Waals surface area contributed by atoms with Crippen LogP contribution in [-0.4, -0.2) is 24.6 Å². The van der Waals surface area contributed by atoms with E-state index in [2.05, 4.69) is 4.90 Å². The van der Waals surface area contributed by atoms with E-state index in [9.17, 15) is 4.39 Å². The van der Waals surface area contributed by atoms with Crippen molar-refractivity contribution in [1.82, 2.24) is 0 Å². The van der Waals surface area contributed by atoms with Crippen molar-refractivity contribution >= 4 is 23.1 Å². The number of nitrogen functional groups attached to an aromatic ring is 1. The molecule has 0 aromatic heterocycles. The topological polar surface area (TPSA) is 29.3 Å². The molecule has 1 aromatic rings. The van der Waals surface area contributed by atoms with Crippen LogP contribution in [0.1, 0.15) is 0 Å². The van der Waals surface area contributed by atoms with E-state index in [1.54, 1.807) is 6.07 Å². The van der Waals surface area contributed by atoms with Gasteiger partial charge in [0.25, 0.3) is 0 Å². The first-order chi connectivity index (χ1) is 6.75. The molecule has 0 bridgehead atoms. The van der Waals surface area contributed by atoms with Crippen molar-refractivity contribution in [1.29, 1.82) is 0 Å². The van der Waals surface area contributed by atoms with Crippen LogP contribution in [0.15, 0.2) is 18.2 Å². The summed E-state index contributed by atoms with van der Waals surface area (Å²) < 4.78 is 13.1. The zero-order valence-electron chi connectivity index (χ0n) is 7.87. The smallest absolute Gasteiger partial charge is 0.127 e. The Hall–Kier alpha value is -0.900. The summed E-state index contributed by atoms with van der Waals surface area (Å²) in [6.07, 6.45) is 0. The van der Waals surface area contributed by atoms with Crippen molar-refractivity contribution < 1.29 is 4.39 Å². The number of hydrogen-bond acceptors (Lipinski definition) is 3. The van der Waals surface area contributed by atoms with Crippen LogP contribution in [-0.2, 0) is 0 Å². The van der Waals surface area contributed by atoms with Crippen molar-refractivity contribution in [3.05, 3.63) is 24.0 Å². The zero-order chi connectivity index (χ0) is 9.97. The van der Waals surface area contributed by atoms with E-state index in [-0.39, 0.29) is 5.82 Å². The second-order valence-electron chi connectivity index (χ2n) is 3.34. The Morgan fingerprint density at radius 3 is 2.57 bits per heavy atom. The average molecular weight is 212 g/mol. The van der Waals surface area contributed by atoms with E-state index in [1.165, 1.54) is 6.07 Å². The van der Waals surface area contributed by atoms with Crippen molar-refractivity contribution in [2.75, 3.05) is 35.2 Å². The number of benzene rings is 1. The quantitative estimate of drug-likeness (QED) is 0.722. The second kappa shape index (κ2) is 4.09. The largest absolute Gasteiger partial charge is 0.399 e. The molecule has 2 N–H and O–H groups in total. The monoisotopic (exact) mass is 212 g/mol. The van der Waals surface area contributed by atoms with Gasteiger partial charge in [0.15, 0.2) is 0 Å². The Labute approximate surface area is 87.3 Å². The highest BCUT2D eigenvalue weighted by molar-refractivity contribution is 7.99. The van der Waals surface area contributed by atoms with Crippen LogP contribution >= 0.6 is 11.8 Å². The SMILES string of the molecule is Nc1cc(F)cc(N2CCSCC2)c1. The first-order valence-electron chi connectivity index (χ1n) is 4.64. The fourth-order valence-corrected chi connectivity index (χ4v) is 2.50. The van der Waals surface area contributed by atoms with E-state index in [1.807, 2.05) is 17.8 Å². The molecule has 1 aliphatic rings. The third-order valence-corrected chi connectivity index (χ3v) is 3.22. The minimum Gasteiger partial charge on any atom is -0.399 e. The van der Waals surface area contributed by atoms with Gasteiger partial charge in [-0.15, -0.1) is 0 Å². The van der Waals surface area contributed by atoms with Gasteiger partial charge < -0.3 is 10.6 Å². The van der Waals surface area contributed by atoms with Crippen LogP contribution in [0, 0.1) is 5.82 Å². The molecule has 2 nitrogen and oxygen atoms in total. The van der Waals surface area contributed by atoms with Crippen molar-refractivity contribution in [2.24, 2.45) is 0 Å². The molecule has 0 aliphatic carbocycles. The molecule has 0 atom stereocenters. The van der Waals surface area contributed by atoms with Gasteiger partial charge in [0, 0.05) is 36.0 Å². The Morgan fingerprint density at radius 1 is 1.21 bits per heavy atom. The summed E-state index contributed by atoms with van der Waals surface area (Å²) >= 11 is 1.94. The van der Waals surface area contributed by atoms with Crippen LogP contribution in [0.5, 0.6) is 0 Å². The van der Waals surface area contributed by atoms with Gasteiger partial charge in [0.1, 0.15) is 5.82 Å². The maximum Gasteiger partial charge on any atom is 0.127 e. The molecular formula is C10H13FN2S. The number of hydrogen-bond donors (Lipinski definition) is 1. The Bertz CT molecular complexity index is 304. The van der Waals surface area contributed by atoms with Crippen LogP contribution in [0.2, 0.25) is 0 Å². The van der Waals surface area contributed by atoms with E-state index >= 15 is 0 Å². The Kier molecular flexibility index (Phi) is 2.82. The normalized spacial score (nSPS) is 17.1. The molecule has 1 aliphatic heterocycles. The standard InChI is InChI=1S/C10H13FN2S/c11-8-5-9(12)7-10(6-8)13-1-3-14-4-2-13/h5-7H,1-4,12H2. The third kappa shape index (κ3) is 2.12. The second-order valence-corrected chi connectivity index (χ2v) is 4.57. The summed E-state index contributed by atoms with van der Waals surface area (Å²) in [5.74, 6) is 1.96. The fraction of sp³-hybridized carbons (Fsp3) is 0.400. The van der Waals surface area contributed by atoms with Gasteiger partial charge in [-0.1, -0.05) is 0 Å². The molecule has 0 spiro atoms. The molecule has 0 saturated carbocycles. The van der Waals surface area contributed by atoms with Crippen molar-refractivity contribution in [3.63, 3.8) is 0 Å². The Morgan fingerprint density at radius 2 is 1.93 bits per heavy atom. The maximum absolute atomic E-state index is 13.1. The molecule has 1 saturated heterocycles. The number of halogens is 1. The van der Waals surface area contributed by atoms with Crippen LogP contribution in [0.4, 0.5) is 15.8 Å². The average Bonchev–Trinajstić information content (AvgIpc) is 2.18.